The van der Waals surface area contributed by atoms with Crippen LogP contribution in [0.4, 0.5) is 0 Å². The van der Waals surface area contributed by atoms with Crippen LogP contribution in [0.5, 0.6) is 11.5 Å². The Morgan fingerprint density at radius 3 is 1.55 bits per heavy atom. The number of allylic oxidation sites excluding steroid dienone is 9. The summed E-state index contributed by atoms with van der Waals surface area (Å²) in [5.74, 6) is 2.65. The summed E-state index contributed by atoms with van der Waals surface area (Å²) < 4.78 is 11.7. The van der Waals surface area contributed by atoms with E-state index in [4.69, 9.17) is 9.47 Å². The van der Waals surface area contributed by atoms with E-state index < -0.39 is 0 Å². The Morgan fingerprint density at radius 1 is 0.710 bits per heavy atom. The predicted octanol–water partition coefficient (Wildman–Crippen LogP) is 7.36. The van der Waals surface area contributed by atoms with Gasteiger partial charge in [0.15, 0.2) is 5.78 Å². The second-order valence-electron chi connectivity index (χ2n) is 6.48. The van der Waals surface area contributed by atoms with E-state index in [-0.39, 0.29) is 5.78 Å². The minimum Gasteiger partial charge on any atom is -0.457 e. The van der Waals surface area contributed by atoms with Crippen LogP contribution in [-0.2, 0) is 0 Å². The molecule has 2 aromatic carbocycles. The summed E-state index contributed by atoms with van der Waals surface area (Å²) in [5.41, 5.74) is 1.18. The lowest BCUT2D eigenvalue weighted by Gasteiger charge is -2.08. The Hall–Kier alpha value is -3.85. The van der Waals surface area contributed by atoms with Crippen LogP contribution < -0.4 is 9.47 Å². The van der Waals surface area contributed by atoms with Gasteiger partial charge in [0.05, 0.1) is 0 Å². The van der Waals surface area contributed by atoms with Crippen molar-refractivity contribution in [2.75, 3.05) is 0 Å². The Kier molecular flexibility index (Phi) is 9.57. The highest BCUT2D eigenvalue weighted by molar-refractivity contribution is 6.09. The molecule has 0 N–H and O–H groups in total. The average molecular weight is 413 g/mol. The molecule has 31 heavy (non-hydrogen) atoms. The van der Waals surface area contributed by atoms with Gasteiger partial charge in [-0.25, -0.2) is 0 Å². The molecule has 0 unspecified atom stereocenters. The largest absolute Gasteiger partial charge is 0.457 e. The fraction of sp³-hybridized carbons (Fsp3) is 0.107. The number of carbonyl (C=O) groups excluding carboxylic acids is 1. The van der Waals surface area contributed by atoms with Crippen molar-refractivity contribution < 1.29 is 14.3 Å². The van der Waals surface area contributed by atoms with Gasteiger partial charge < -0.3 is 9.47 Å². The number of hydrogen-bond donors (Lipinski definition) is 0. The zero-order chi connectivity index (χ0) is 22.5. The van der Waals surface area contributed by atoms with Crippen LogP contribution in [0, 0.1) is 0 Å². The van der Waals surface area contributed by atoms with Crippen LogP contribution in [0.1, 0.15) is 36.7 Å². The van der Waals surface area contributed by atoms with E-state index in [1.807, 2.05) is 63.3 Å². The molecule has 0 saturated carbocycles. The van der Waals surface area contributed by atoms with Crippen LogP contribution in [-0.4, -0.2) is 5.78 Å². The Labute approximate surface area is 185 Å². The van der Waals surface area contributed by atoms with E-state index in [9.17, 15) is 4.79 Å². The summed E-state index contributed by atoms with van der Waals surface area (Å²) in [5, 5.41) is 0. The van der Waals surface area contributed by atoms with Crippen LogP contribution in [0.2, 0.25) is 0 Å². The Morgan fingerprint density at radius 2 is 1.16 bits per heavy atom. The first-order valence-corrected chi connectivity index (χ1v) is 10.1. The molecule has 0 aliphatic carbocycles. The summed E-state index contributed by atoms with van der Waals surface area (Å²) in [7, 11) is 0. The third kappa shape index (κ3) is 7.48. The van der Waals surface area contributed by atoms with Crippen LogP contribution in [0.3, 0.4) is 0 Å². The molecule has 3 nitrogen and oxygen atoms in total. The van der Waals surface area contributed by atoms with E-state index in [0.29, 0.717) is 28.4 Å². The molecular formula is C28H28O3. The summed E-state index contributed by atoms with van der Waals surface area (Å²) in [6, 6.07) is 14.2. The molecule has 158 valence electrons. The summed E-state index contributed by atoms with van der Waals surface area (Å²) in [6.45, 7) is 9.48. The van der Waals surface area contributed by atoms with Crippen molar-refractivity contribution in [1.82, 2.24) is 0 Å². The number of ketones is 1. The number of hydrogen-bond acceptors (Lipinski definition) is 3. The van der Waals surface area contributed by atoms with Crippen LogP contribution in [0.25, 0.3) is 0 Å². The van der Waals surface area contributed by atoms with Gasteiger partial charge in [-0.2, -0.15) is 0 Å². The van der Waals surface area contributed by atoms with Crippen molar-refractivity contribution in [3.05, 3.63) is 132 Å². The smallest absolute Gasteiger partial charge is 0.193 e. The van der Waals surface area contributed by atoms with E-state index in [1.165, 1.54) is 0 Å². The standard InChI is InChI=1S/C28H28O3/c1-5-9-13-25(12-8-4)31-27-20-16-23(17-21-27)28(29)22-14-18-26(19-15-22)30-24(10-6-2)11-7-3/h5-21H,2H2,1,3-4H3/b9-5-,11-7-,12-8-,24-10+,25-13+. The van der Waals surface area contributed by atoms with Crippen molar-refractivity contribution in [3.63, 3.8) is 0 Å². The minimum absolute atomic E-state index is 0.0634. The van der Waals surface area contributed by atoms with Gasteiger partial charge in [0, 0.05) is 11.1 Å². The summed E-state index contributed by atoms with van der Waals surface area (Å²) >= 11 is 0. The van der Waals surface area contributed by atoms with Crippen molar-refractivity contribution >= 4 is 5.78 Å². The molecule has 0 saturated heterocycles. The lowest BCUT2D eigenvalue weighted by atomic mass is 10.0. The van der Waals surface area contributed by atoms with E-state index in [1.54, 1.807) is 60.7 Å². The maximum Gasteiger partial charge on any atom is 0.193 e. The minimum atomic E-state index is -0.0634. The molecule has 0 aliphatic heterocycles. The van der Waals surface area contributed by atoms with E-state index in [0.717, 1.165) is 5.76 Å². The highest BCUT2D eigenvalue weighted by Crippen LogP contribution is 2.21. The molecule has 2 rings (SSSR count). The molecule has 0 fully saturated rings. The topological polar surface area (TPSA) is 35.5 Å². The van der Waals surface area contributed by atoms with E-state index in [2.05, 4.69) is 6.58 Å². The van der Waals surface area contributed by atoms with Gasteiger partial charge in [-0.1, -0.05) is 37.0 Å². The number of rotatable bonds is 10. The highest BCUT2D eigenvalue weighted by atomic mass is 16.5. The zero-order valence-corrected chi connectivity index (χ0v) is 18.2. The molecule has 0 aliphatic rings. The van der Waals surface area contributed by atoms with Gasteiger partial charge in [-0.05, 0) is 93.6 Å². The number of carbonyl (C=O) groups is 1. The van der Waals surface area contributed by atoms with Gasteiger partial charge in [-0.3, -0.25) is 4.79 Å². The molecular weight excluding hydrogens is 384 g/mol. The monoisotopic (exact) mass is 412 g/mol. The fourth-order valence-electron chi connectivity index (χ4n) is 2.67. The van der Waals surface area contributed by atoms with Gasteiger partial charge in [-0.15, -0.1) is 0 Å². The second-order valence-corrected chi connectivity index (χ2v) is 6.48. The fourth-order valence-corrected chi connectivity index (χ4v) is 2.67. The summed E-state index contributed by atoms with van der Waals surface area (Å²) in [4.78, 5) is 12.8. The lowest BCUT2D eigenvalue weighted by Crippen LogP contribution is -2.01. The second kappa shape index (κ2) is 12.7. The van der Waals surface area contributed by atoms with Crippen LogP contribution >= 0.6 is 0 Å². The van der Waals surface area contributed by atoms with E-state index >= 15 is 0 Å². The first-order chi connectivity index (χ1) is 15.1. The third-order valence-electron chi connectivity index (χ3n) is 4.10. The van der Waals surface area contributed by atoms with Crippen molar-refractivity contribution in [3.8, 4) is 11.5 Å². The third-order valence-corrected chi connectivity index (χ3v) is 4.10. The first-order valence-electron chi connectivity index (χ1n) is 10.1. The lowest BCUT2D eigenvalue weighted by molar-refractivity contribution is 0.103. The van der Waals surface area contributed by atoms with Gasteiger partial charge in [0.1, 0.15) is 23.0 Å². The summed E-state index contributed by atoms with van der Waals surface area (Å²) in [6.07, 6.45) is 16.7. The van der Waals surface area contributed by atoms with Crippen molar-refractivity contribution in [1.29, 1.82) is 0 Å². The maximum absolute atomic E-state index is 12.8. The Balaban J connectivity index is 2.11. The molecule has 0 amide bonds. The highest BCUT2D eigenvalue weighted by Gasteiger charge is 2.10. The van der Waals surface area contributed by atoms with Crippen molar-refractivity contribution in [2.24, 2.45) is 0 Å². The molecule has 0 atom stereocenters. The Bertz CT molecular complexity index is 1010. The normalized spacial score (nSPS) is 12.6. The van der Waals surface area contributed by atoms with Gasteiger partial charge in [0.2, 0.25) is 0 Å². The number of benzene rings is 2. The first kappa shape index (κ1) is 23.4. The van der Waals surface area contributed by atoms with Gasteiger partial charge >= 0.3 is 0 Å². The molecule has 3 heteroatoms. The molecule has 0 radical (unpaired) electrons. The SMILES string of the molecule is C=C/C=C(\C=C/C)Oc1ccc(C(=O)c2ccc(OC(/C=C\C)=C/C=C\C)cc2)cc1. The van der Waals surface area contributed by atoms with Gasteiger partial charge in [0.25, 0.3) is 0 Å². The molecule has 0 bridgehead atoms. The molecule has 0 spiro atoms. The quantitative estimate of drug-likeness (QED) is 0.232. The predicted molar refractivity (Wildman–Crippen MR) is 128 cm³/mol. The number of ether oxygens (including phenoxy) is 2. The zero-order valence-electron chi connectivity index (χ0n) is 18.2. The molecule has 2 aromatic rings. The maximum atomic E-state index is 12.8. The van der Waals surface area contributed by atoms with Crippen LogP contribution in [0.15, 0.2) is 121 Å². The van der Waals surface area contributed by atoms with Crippen molar-refractivity contribution in [2.45, 2.75) is 20.8 Å². The average Bonchev–Trinajstić information content (AvgIpc) is 2.78. The molecule has 0 aromatic heterocycles. The molecule has 0 heterocycles.